The van der Waals surface area contributed by atoms with E-state index in [1.807, 2.05) is 0 Å². The number of unbranched alkanes of at least 4 members (excludes halogenated alkanes) is 52. The molecule has 0 aromatic heterocycles. The van der Waals surface area contributed by atoms with Gasteiger partial charge in [-0.2, -0.15) is 0 Å². The summed E-state index contributed by atoms with van der Waals surface area (Å²) in [5.41, 5.74) is 22.7. The molecule has 0 N–H and O–H groups in total. The Hall–Kier alpha value is -3.26. The lowest BCUT2D eigenvalue weighted by atomic mass is 9.91. The maximum absolute atomic E-state index is 13.0. The van der Waals surface area contributed by atoms with E-state index in [1.54, 1.807) is 4.70 Å². The average Bonchev–Trinajstić information content (AvgIpc) is 1.71. The third-order valence-electron chi connectivity index (χ3n) is 19.8. The lowest BCUT2D eigenvalue weighted by molar-refractivity contribution is -0.345. The molecule has 0 unspecified atom stereocenters. The fraction of sp³-hybridized carbons (Fsp3) is 0.747. The van der Waals surface area contributed by atoms with Crippen molar-refractivity contribution in [3.8, 4) is 0 Å². The number of hydrogen-bond donors (Lipinski definition) is 0. The fourth-order valence-electron chi connectivity index (χ4n) is 14.0. The van der Waals surface area contributed by atoms with Gasteiger partial charge in [0.05, 0.1) is 5.57 Å². The average molecular weight is 1220 g/mol. The number of allylic oxidation sites excluding steroid dienone is 8. The summed E-state index contributed by atoms with van der Waals surface area (Å²) >= 11 is 0. The minimum absolute atomic E-state index is 0.976. The number of aryl methyl sites for hydroxylation is 2. The van der Waals surface area contributed by atoms with Gasteiger partial charge < -0.3 is 5.53 Å². The summed E-state index contributed by atoms with van der Waals surface area (Å²) in [5, 5.41) is 0. The van der Waals surface area contributed by atoms with Crippen LogP contribution in [-0.2, 0) is 12.8 Å². The molecule has 0 saturated heterocycles. The van der Waals surface area contributed by atoms with Gasteiger partial charge in [0.25, 0.3) is 0 Å². The Morgan fingerprint density at radius 3 is 0.820 bits per heavy atom. The third kappa shape index (κ3) is 41.8. The molecule has 0 radical (unpaired) electrons. The molecule has 1 aliphatic heterocycles. The molecular formula is C87H148N2. The highest BCUT2D eigenvalue weighted by molar-refractivity contribution is 5.85. The van der Waals surface area contributed by atoms with E-state index in [-0.39, 0.29) is 0 Å². The van der Waals surface area contributed by atoms with Crippen molar-refractivity contribution in [1.82, 2.24) is 0 Å². The Kier molecular flexibility index (Phi) is 54.8. The molecule has 3 rings (SSSR count). The van der Waals surface area contributed by atoms with Crippen LogP contribution in [0.3, 0.4) is 0 Å². The molecule has 2 aromatic rings. The van der Waals surface area contributed by atoms with Crippen molar-refractivity contribution < 1.29 is 4.70 Å². The van der Waals surface area contributed by atoms with Crippen LogP contribution in [0.1, 0.15) is 429 Å². The van der Waals surface area contributed by atoms with Gasteiger partial charge in [0, 0.05) is 16.7 Å². The van der Waals surface area contributed by atoms with Gasteiger partial charge in [0.2, 0.25) is 11.4 Å². The van der Waals surface area contributed by atoms with Crippen LogP contribution in [0.5, 0.6) is 0 Å². The third-order valence-corrected chi connectivity index (χ3v) is 19.8. The summed E-state index contributed by atoms with van der Waals surface area (Å²) in [5.74, 6) is 0. The molecule has 0 fully saturated rings. The summed E-state index contributed by atoms with van der Waals surface area (Å²) in [6.45, 7) is 9.25. The zero-order valence-electron chi connectivity index (χ0n) is 60.1. The van der Waals surface area contributed by atoms with Crippen molar-refractivity contribution in [3.63, 3.8) is 0 Å². The normalized spacial score (nSPS) is 13.0. The van der Waals surface area contributed by atoms with Crippen molar-refractivity contribution >= 4 is 11.4 Å². The molecular weight excluding hydrogens is 1070 g/mol. The molecule has 0 saturated carbocycles. The first-order valence-electron chi connectivity index (χ1n) is 40.3. The van der Waals surface area contributed by atoms with E-state index in [0.717, 1.165) is 56.3 Å². The number of nitrogens with zero attached hydrogens (tertiary/aromatic N) is 2. The van der Waals surface area contributed by atoms with Crippen molar-refractivity contribution in [3.05, 3.63) is 124 Å². The molecule has 506 valence electrons. The van der Waals surface area contributed by atoms with Crippen molar-refractivity contribution in [2.75, 3.05) is 0 Å². The largest absolute Gasteiger partial charge is 0.493 e. The quantitative estimate of drug-likeness (QED) is 0.0358. The van der Waals surface area contributed by atoms with Gasteiger partial charge in [-0.25, -0.2) is 4.70 Å². The molecule has 0 spiro atoms. The summed E-state index contributed by atoms with van der Waals surface area (Å²) < 4.78 is 1.67. The molecule has 89 heavy (non-hydrogen) atoms. The lowest BCUT2D eigenvalue weighted by Gasteiger charge is -2.14. The highest BCUT2D eigenvalue weighted by atomic mass is 15.2. The van der Waals surface area contributed by atoms with Crippen LogP contribution in [0.25, 0.3) is 16.9 Å². The number of hydrogen-bond acceptors (Lipinski definition) is 0. The highest BCUT2D eigenvalue weighted by Crippen LogP contribution is 2.45. The van der Waals surface area contributed by atoms with Crippen LogP contribution in [0.2, 0.25) is 0 Å². The smallest absolute Gasteiger partial charge is 0.215 e. The van der Waals surface area contributed by atoms with Crippen LogP contribution in [0.4, 0.5) is 0 Å². The monoisotopic (exact) mass is 1220 g/mol. The SMILES string of the molecule is CCCCCCCC=CC1=C(c2ccccc2CCC=CCCCCCCCCCCCCCCCCCCC)[N+](=[N-])C(c2ccccc2CCC=CCCCCCCCCCCCCCCCCCCC)=C1CCCCCCCCCCCCCCCC. The first kappa shape index (κ1) is 80.0. The summed E-state index contributed by atoms with van der Waals surface area (Å²) in [6.07, 6.45) is 97.1. The van der Waals surface area contributed by atoms with Gasteiger partial charge in [0.1, 0.15) is 0 Å². The van der Waals surface area contributed by atoms with E-state index in [4.69, 9.17) is 0 Å². The van der Waals surface area contributed by atoms with Gasteiger partial charge in [-0.3, -0.25) is 0 Å². The van der Waals surface area contributed by atoms with Gasteiger partial charge in [0.15, 0.2) is 0 Å². The Balaban J connectivity index is 1.63. The molecule has 2 heteroatoms. The lowest BCUT2D eigenvalue weighted by Crippen LogP contribution is -2.06. The van der Waals surface area contributed by atoms with E-state index in [1.165, 1.54) is 380 Å². The van der Waals surface area contributed by atoms with Gasteiger partial charge in [-0.1, -0.05) is 415 Å². The topological polar surface area (TPSA) is 25.3 Å². The zero-order valence-corrected chi connectivity index (χ0v) is 60.1. The molecule has 2 aromatic carbocycles. The zero-order chi connectivity index (χ0) is 63.2. The van der Waals surface area contributed by atoms with Crippen molar-refractivity contribution in [1.29, 1.82) is 0 Å². The van der Waals surface area contributed by atoms with Gasteiger partial charge in [-0.05, 0) is 100 Å². The van der Waals surface area contributed by atoms with E-state index < -0.39 is 0 Å². The minimum Gasteiger partial charge on any atom is -0.493 e. The Labute approximate surface area is 556 Å². The first-order chi connectivity index (χ1) is 44.2. The Morgan fingerprint density at radius 1 is 0.258 bits per heavy atom. The molecule has 0 bridgehead atoms. The molecule has 0 aliphatic carbocycles. The van der Waals surface area contributed by atoms with Crippen molar-refractivity contribution in [2.45, 2.75) is 419 Å². The van der Waals surface area contributed by atoms with E-state index in [9.17, 15) is 5.53 Å². The standard InChI is InChI=1S/C87H148N2/c1-5-9-13-17-21-24-27-30-33-35-37-39-41-43-45-47-50-53-57-60-64-72-80-74-68-70-76-82(80)86-84(78-66-62-56-20-16-12-8-4)85(79-67-63-59-55-52-49-32-29-26-23-19-15-11-7-3)87(89(86)88)83-77-71-69-75-81(83)73-65-61-58-54-51-48-46-44-42-40-38-36-34-31-28-25-22-18-14-10-6-2/h57-58,60-61,66,68-71,74-78H,5-56,59,62-65,67,72-73,79H2,1-4H3. The Morgan fingerprint density at radius 2 is 0.506 bits per heavy atom. The van der Waals surface area contributed by atoms with Crippen molar-refractivity contribution in [2.24, 2.45) is 0 Å². The predicted molar refractivity (Wildman–Crippen MR) is 400 cm³/mol. The molecule has 0 atom stereocenters. The maximum atomic E-state index is 13.0. The maximum Gasteiger partial charge on any atom is 0.215 e. The van der Waals surface area contributed by atoms with E-state index >= 15 is 0 Å². The van der Waals surface area contributed by atoms with Crippen LogP contribution in [0, 0.1) is 0 Å². The second kappa shape index (κ2) is 60.9. The highest BCUT2D eigenvalue weighted by Gasteiger charge is 2.36. The molecule has 2 nitrogen and oxygen atoms in total. The Bertz CT molecular complexity index is 2070. The van der Waals surface area contributed by atoms with E-state index in [0.29, 0.717) is 0 Å². The van der Waals surface area contributed by atoms with Crippen LogP contribution >= 0.6 is 0 Å². The van der Waals surface area contributed by atoms with Crippen LogP contribution < -0.4 is 0 Å². The molecule has 0 amide bonds. The molecule has 1 heterocycles. The first-order valence-corrected chi connectivity index (χ1v) is 40.3. The second-order valence-corrected chi connectivity index (χ2v) is 28.1. The fourth-order valence-corrected chi connectivity index (χ4v) is 14.0. The van der Waals surface area contributed by atoms with Gasteiger partial charge >= 0.3 is 0 Å². The molecule has 1 aliphatic rings. The second-order valence-electron chi connectivity index (χ2n) is 28.1. The number of rotatable bonds is 66. The predicted octanol–water partition coefficient (Wildman–Crippen LogP) is 30.7. The van der Waals surface area contributed by atoms with Gasteiger partial charge in [-0.15, -0.1) is 0 Å². The summed E-state index contributed by atoms with van der Waals surface area (Å²) in [7, 11) is 0. The minimum atomic E-state index is 0.976. The van der Waals surface area contributed by atoms with Crippen LogP contribution in [-0.4, -0.2) is 4.70 Å². The summed E-state index contributed by atoms with van der Waals surface area (Å²) in [4.78, 5) is 0. The van der Waals surface area contributed by atoms with E-state index in [2.05, 4.69) is 113 Å². The number of benzene rings is 2. The summed E-state index contributed by atoms with van der Waals surface area (Å²) in [6, 6.07) is 18.2. The van der Waals surface area contributed by atoms with Crippen LogP contribution in [0.15, 0.2) is 96.1 Å².